The molecular formula is C15H12N6. The number of anilines is 1. The highest BCUT2D eigenvalue weighted by atomic mass is 15.4. The molecule has 0 aliphatic carbocycles. The van der Waals surface area contributed by atoms with E-state index in [1.54, 1.807) is 11.7 Å². The van der Waals surface area contributed by atoms with Gasteiger partial charge < -0.3 is 5.32 Å². The van der Waals surface area contributed by atoms with E-state index in [0.29, 0.717) is 5.95 Å². The molecule has 1 N–H and O–H groups in total. The van der Waals surface area contributed by atoms with Crippen molar-refractivity contribution in [2.75, 3.05) is 12.4 Å². The first kappa shape index (κ1) is 11.8. The number of aromatic nitrogens is 5. The minimum Gasteiger partial charge on any atom is -0.357 e. The van der Waals surface area contributed by atoms with Crippen LogP contribution in [0.25, 0.3) is 27.8 Å². The molecule has 0 atom stereocenters. The molecule has 2 heterocycles. The van der Waals surface area contributed by atoms with E-state index in [4.69, 9.17) is 0 Å². The predicted molar refractivity (Wildman–Crippen MR) is 81.5 cm³/mol. The van der Waals surface area contributed by atoms with Gasteiger partial charge in [0.2, 0.25) is 5.95 Å². The van der Waals surface area contributed by atoms with Gasteiger partial charge in [-0.1, -0.05) is 29.5 Å². The van der Waals surface area contributed by atoms with Gasteiger partial charge in [0.05, 0.1) is 11.0 Å². The van der Waals surface area contributed by atoms with E-state index in [1.807, 2.05) is 48.5 Å². The van der Waals surface area contributed by atoms with E-state index in [0.717, 1.165) is 27.8 Å². The van der Waals surface area contributed by atoms with Gasteiger partial charge in [0, 0.05) is 12.4 Å². The third-order valence-electron chi connectivity index (χ3n) is 3.36. The molecule has 102 valence electrons. The molecule has 6 nitrogen and oxygen atoms in total. The van der Waals surface area contributed by atoms with Gasteiger partial charge in [0.25, 0.3) is 0 Å². The lowest BCUT2D eigenvalue weighted by Gasteiger charge is -2.08. The summed E-state index contributed by atoms with van der Waals surface area (Å²) in [4.78, 5) is 9.01. The number of rotatable bonds is 2. The van der Waals surface area contributed by atoms with Crippen LogP contribution in [-0.4, -0.2) is 32.0 Å². The van der Waals surface area contributed by atoms with Gasteiger partial charge in [-0.3, -0.25) is 0 Å². The van der Waals surface area contributed by atoms with Gasteiger partial charge in [-0.05, 0) is 24.3 Å². The lowest BCUT2D eigenvalue weighted by atomic mass is 10.2. The Morgan fingerprint density at radius 1 is 0.905 bits per heavy atom. The van der Waals surface area contributed by atoms with Crippen LogP contribution >= 0.6 is 0 Å². The number of nitrogens with zero attached hydrogens (tertiary/aromatic N) is 5. The van der Waals surface area contributed by atoms with Crippen LogP contribution in [-0.2, 0) is 0 Å². The van der Waals surface area contributed by atoms with Crippen LogP contribution in [0.5, 0.6) is 0 Å². The monoisotopic (exact) mass is 276 g/mol. The first-order valence-electron chi connectivity index (χ1n) is 6.62. The Morgan fingerprint density at radius 2 is 1.67 bits per heavy atom. The molecule has 21 heavy (non-hydrogen) atoms. The average molecular weight is 276 g/mol. The van der Waals surface area contributed by atoms with Gasteiger partial charge >= 0.3 is 0 Å². The Kier molecular flexibility index (Phi) is 2.53. The van der Waals surface area contributed by atoms with Gasteiger partial charge in [-0.15, -0.1) is 5.10 Å². The quantitative estimate of drug-likeness (QED) is 0.609. The highest BCUT2D eigenvalue weighted by Crippen LogP contribution is 2.23. The fourth-order valence-corrected chi connectivity index (χ4v) is 2.36. The molecule has 0 saturated carbocycles. The van der Waals surface area contributed by atoms with Crippen LogP contribution in [0.4, 0.5) is 5.95 Å². The minimum atomic E-state index is 0.559. The molecule has 6 heteroatoms. The summed E-state index contributed by atoms with van der Waals surface area (Å²) in [5.41, 5.74) is 2.63. The van der Waals surface area contributed by atoms with Crippen molar-refractivity contribution < 1.29 is 0 Å². The smallest absolute Gasteiger partial charge is 0.225 e. The van der Waals surface area contributed by atoms with Crippen molar-refractivity contribution in [1.29, 1.82) is 0 Å². The van der Waals surface area contributed by atoms with Crippen molar-refractivity contribution in [3.8, 4) is 5.82 Å². The molecule has 0 unspecified atom stereocenters. The molecule has 0 radical (unpaired) electrons. The molecule has 0 amide bonds. The first-order chi connectivity index (χ1) is 10.4. The van der Waals surface area contributed by atoms with E-state index in [9.17, 15) is 0 Å². The predicted octanol–water partition coefficient (Wildman–Crippen LogP) is 2.41. The third-order valence-corrected chi connectivity index (χ3v) is 3.36. The standard InChI is InChI=1S/C15H12N6/c1-16-15-17-11-7-3-2-6-10(11)14(18-15)21-13-9-5-4-8-12(13)19-20-21/h2-9H,1H3,(H,16,17,18). The number of hydrogen-bond acceptors (Lipinski definition) is 5. The highest BCUT2D eigenvalue weighted by molar-refractivity contribution is 5.88. The van der Waals surface area contributed by atoms with Crippen LogP contribution < -0.4 is 5.32 Å². The summed E-state index contributed by atoms with van der Waals surface area (Å²) < 4.78 is 1.75. The molecule has 4 aromatic rings. The molecular weight excluding hydrogens is 264 g/mol. The molecule has 0 saturated heterocycles. The second-order valence-electron chi connectivity index (χ2n) is 4.63. The molecule has 2 aromatic heterocycles. The molecule has 0 bridgehead atoms. The van der Waals surface area contributed by atoms with Gasteiger partial charge in [-0.2, -0.15) is 9.67 Å². The molecule has 0 aliphatic rings. The third kappa shape index (κ3) is 1.80. The number of benzene rings is 2. The average Bonchev–Trinajstić information content (AvgIpc) is 2.97. The normalized spacial score (nSPS) is 11.1. The van der Waals surface area contributed by atoms with Gasteiger partial charge in [0.1, 0.15) is 5.52 Å². The largest absolute Gasteiger partial charge is 0.357 e. The Morgan fingerprint density at radius 3 is 2.52 bits per heavy atom. The molecule has 0 spiro atoms. The Labute approximate surface area is 120 Å². The zero-order valence-electron chi connectivity index (χ0n) is 11.4. The van der Waals surface area contributed by atoms with Crippen molar-refractivity contribution in [2.45, 2.75) is 0 Å². The Balaban J connectivity index is 2.09. The van der Waals surface area contributed by atoms with Crippen LogP contribution in [0, 0.1) is 0 Å². The first-order valence-corrected chi connectivity index (χ1v) is 6.62. The van der Waals surface area contributed by atoms with Gasteiger partial charge in [0.15, 0.2) is 5.82 Å². The van der Waals surface area contributed by atoms with Crippen molar-refractivity contribution in [3.05, 3.63) is 48.5 Å². The fraction of sp³-hybridized carbons (Fsp3) is 0.0667. The highest BCUT2D eigenvalue weighted by Gasteiger charge is 2.12. The van der Waals surface area contributed by atoms with Crippen LogP contribution in [0.3, 0.4) is 0 Å². The van der Waals surface area contributed by atoms with Crippen LogP contribution in [0.15, 0.2) is 48.5 Å². The maximum absolute atomic E-state index is 4.55. The maximum atomic E-state index is 4.55. The summed E-state index contributed by atoms with van der Waals surface area (Å²) in [6.45, 7) is 0. The van der Waals surface area contributed by atoms with E-state index in [-0.39, 0.29) is 0 Å². The van der Waals surface area contributed by atoms with E-state index in [1.165, 1.54) is 0 Å². The lowest BCUT2D eigenvalue weighted by molar-refractivity contribution is 0.806. The Hall–Kier alpha value is -3.02. The van der Waals surface area contributed by atoms with Crippen molar-refractivity contribution in [2.24, 2.45) is 0 Å². The van der Waals surface area contributed by atoms with Crippen LogP contribution in [0.1, 0.15) is 0 Å². The fourth-order valence-electron chi connectivity index (χ4n) is 2.36. The zero-order chi connectivity index (χ0) is 14.2. The topological polar surface area (TPSA) is 68.5 Å². The van der Waals surface area contributed by atoms with E-state index >= 15 is 0 Å². The van der Waals surface area contributed by atoms with E-state index in [2.05, 4.69) is 25.6 Å². The van der Waals surface area contributed by atoms with Crippen molar-refractivity contribution >= 4 is 27.9 Å². The summed E-state index contributed by atoms with van der Waals surface area (Å²) in [6, 6.07) is 15.7. The summed E-state index contributed by atoms with van der Waals surface area (Å²) >= 11 is 0. The van der Waals surface area contributed by atoms with E-state index < -0.39 is 0 Å². The SMILES string of the molecule is CNc1nc(-n2nnc3ccccc32)c2ccccc2n1. The van der Waals surface area contributed by atoms with Gasteiger partial charge in [-0.25, -0.2) is 4.98 Å². The number of nitrogens with one attached hydrogen (secondary N) is 1. The Bertz CT molecular complexity index is 943. The minimum absolute atomic E-state index is 0.559. The second kappa shape index (κ2) is 4.52. The summed E-state index contributed by atoms with van der Waals surface area (Å²) in [7, 11) is 1.80. The van der Waals surface area contributed by atoms with Crippen molar-refractivity contribution in [3.63, 3.8) is 0 Å². The summed E-state index contributed by atoms with van der Waals surface area (Å²) in [5, 5.41) is 12.4. The number of hydrogen-bond donors (Lipinski definition) is 1. The van der Waals surface area contributed by atoms with Crippen LogP contribution in [0.2, 0.25) is 0 Å². The summed E-state index contributed by atoms with van der Waals surface area (Å²) in [5.74, 6) is 1.28. The summed E-state index contributed by atoms with van der Waals surface area (Å²) in [6.07, 6.45) is 0. The number of fused-ring (bicyclic) bond motifs is 2. The zero-order valence-corrected chi connectivity index (χ0v) is 11.4. The van der Waals surface area contributed by atoms with Crippen molar-refractivity contribution in [1.82, 2.24) is 25.0 Å². The lowest BCUT2D eigenvalue weighted by Crippen LogP contribution is -2.05. The maximum Gasteiger partial charge on any atom is 0.225 e. The number of para-hydroxylation sites is 2. The second-order valence-corrected chi connectivity index (χ2v) is 4.63. The molecule has 2 aromatic carbocycles. The molecule has 4 rings (SSSR count). The molecule has 0 fully saturated rings. The molecule has 0 aliphatic heterocycles.